The van der Waals surface area contributed by atoms with Crippen LogP contribution in [0.5, 0.6) is 5.75 Å². The highest BCUT2D eigenvalue weighted by molar-refractivity contribution is 6.35. The van der Waals surface area contributed by atoms with Crippen molar-refractivity contribution in [2.24, 2.45) is 5.10 Å². The van der Waals surface area contributed by atoms with Gasteiger partial charge < -0.3 is 9.84 Å². The lowest BCUT2D eigenvalue weighted by molar-refractivity contribution is -0.303. The summed E-state index contributed by atoms with van der Waals surface area (Å²) in [7, 11) is 0. The number of hydrogen-bond acceptors (Lipinski definition) is 4. The summed E-state index contributed by atoms with van der Waals surface area (Å²) >= 11 is 11.7. The van der Waals surface area contributed by atoms with Crippen molar-refractivity contribution >= 4 is 34.8 Å². The summed E-state index contributed by atoms with van der Waals surface area (Å²) in [5.41, 5.74) is -3.30. The van der Waals surface area contributed by atoms with E-state index in [-0.39, 0.29) is 27.9 Å². The summed E-state index contributed by atoms with van der Waals surface area (Å²) in [5.74, 6) is -1.06. The molecule has 0 aromatic heterocycles. The fourth-order valence-electron chi connectivity index (χ4n) is 2.48. The van der Waals surface area contributed by atoms with E-state index >= 15 is 0 Å². The molecule has 1 N–H and O–H groups in total. The van der Waals surface area contributed by atoms with Crippen LogP contribution < -0.4 is 4.74 Å². The molecule has 0 radical (unpaired) electrons. The Morgan fingerprint density at radius 3 is 2.65 bits per heavy atom. The number of benzene rings is 1. The number of ether oxygens (including phenoxy) is 1. The topological polar surface area (TPSA) is 62.1 Å². The van der Waals surface area contributed by atoms with Crippen LogP contribution in [-0.4, -0.2) is 39.7 Å². The maximum atomic E-state index is 13.4. The maximum absolute atomic E-state index is 13.4. The fraction of sp³-hybridized carbons (Fsp3) is 0.500. The van der Waals surface area contributed by atoms with Crippen molar-refractivity contribution in [3.05, 3.63) is 28.2 Å². The zero-order valence-electron chi connectivity index (χ0n) is 14.0. The molecular formula is C16H17Cl2F3N2O3. The number of carbonyl (C=O) groups excluding carboxylic acids is 1. The summed E-state index contributed by atoms with van der Waals surface area (Å²) < 4.78 is 45.5. The van der Waals surface area contributed by atoms with Crippen LogP contribution in [0.2, 0.25) is 10.0 Å². The second kappa shape index (κ2) is 7.62. The van der Waals surface area contributed by atoms with Gasteiger partial charge in [-0.3, -0.25) is 4.79 Å². The number of amides is 1. The van der Waals surface area contributed by atoms with Crippen LogP contribution in [0.4, 0.5) is 13.2 Å². The summed E-state index contributed by atoms with van der Waals surface area (Å²) in [6, 6.07) is 4.22. The predicted molar refractivity (Wildman–Crippen MR) is 91.4 cm³/mol. The first kappa shape index (κ1) is 20.8. The van der Waals surface area contributed by atoms with E-state index in [1.165, 1.54) is 25.1 Å². The van der Waals surface area contributed by atoms with E-state index < -0.39 is 30.3 Å². The third kappa shape index (κ3) is 4.07. The molecule has 1 aromatic rings. The zero-order valence-corrected chi connectivity index (χ0v) is 15.5. The molecule has 1 aliphatic heterocycles. The lowest BCUT2D eigenvalue weighted by atomic mass is 10.0. The minimum Gasteiger partial charge on any atom is -0.479 e. The molecule has 0 fully saturated rings. The van der Waals surface area contributed by atoms with E-state index in [9.17, 15) is 23.1 Å². The molecule has 144 valence electrons. The number of halogens is 5. The molecule has 1 aliphatic rings. The number of hydrogen-bond donors (Lipinski definition) is 1. The summed E-state index contributed by atoms with van der Waals surface area (Å²) in [4.78, 5) is 12.5. The third-order valence-corrected chi connectivity index (χ3v) is 4.32. The molecule has 1 aromatic carbocycles. The van der Waals surface area contributed by atoms with Crippen molar-refractivity contribution in [3.63, 3.8) is 0 Å². The summed E-state index contributed by atoms with van der Waals surface area (Å²) in [6.07, 6.45) is -6.46. The quantitative estimate of drug-likeness (QED) is 0.779. The molecule has 0 aliphatic carbocycles. The van der Waals surface area contributed by atoms with E-state index in [1.807, 2.05) is 0 Å². The smallest absolute Gasteiger partial charge is 0.438 e. The zero-order chi connectivity index (χ0) is 19.7. The Balaban J connectivity index is 2.26. The first-order valence-electron chi connectivity index (χ1n) is 7.81. The van der Waals surface area contributed by atoms with Gasteiger partial charge in [0.1, 0.15) is 5.75 Å². The molecular weight excluding hydrogens is 396 g/mol. The van der Waals surface area contributed by atoms with Crippen LogP contribution in [0, 0.1) is 0 Å². The van der Waals surface area contributed by atoms with Crippen LogP contribution in [-0.2, 0) is 4.79 Å². The van der Waals surface area contributed by atoms with Gasteiger partial charge in [0, 0.05) is 17.2 Å². The predicted octanol–water partition coefficient (Wildman–Crippen LogP) is 4.40. The molecule has 1 heterocycles. The Labute approximate surface area is 158 Å². The number of aliphatic hydroxyl groups is 1. The van der Waals surface area contributed by atoms with E-state index in [4.69, 9.17) is 27.9 Å². The molecule has 26 heavy (non-hydrogen) atoms. The minimum absolute atomic E-state index is 0.0620. The molecule has 0 saturated carbocycles. The highest BCUT2D eigenvalue weighted by Gasteiger charge is 2.63. The molecule has 1 amide bonds. The van der Waals surface area contributed by atoms with Crippen molar-refractivity contribution in [1.29, 1.82) is 0 Å². The van der Waals surface area contributed by atoms with Crippen LogP contribution in [0.15, 0.2) is 23.3 Å². The number of rotatable bonds is 5. The molecule has 2 rings (SSSR count). The van der Waals surface area contributed by atoms with E-state index in [0.29, 0.717) is 11.4 Å². The van der Waals surface area contributed by atoms with Gasteiger partial charge in [-0.15, -0.1) is 0 Å². The van der Waals surface area contributed by atoms with Crippen molar-refractivity contribution in [3.8, 4) is 5.75 Å². The molecule has 0 unspecified atom stereocenters. The van der Waals surface area contributed by atoms with Gasteiger partial charge in [0.25, 0.3) is 11.6 Å². The average molecular weight is 413 g/mol. The van der Waals surface area contributed by atoms with Gasteiger partial charge in [-0.25, -0.2) is 0 Å². The third-order valence-electron chi connectivity index (χ3n) is 3.79. The highest BCUT2D eigenvalue weighted by atomic mass is 35.5. The van der Waals surface area contributed by atoms with Gasteiger partial charge in [-0.2, -0.15) is 23.3 Å². The second-order valence-corrected chi connectivity index (χ2v) is 6.74. The summed E-state index contributed by atoms with van der Waals surface area (Å²) in [6.45, 7) is 3.01. The Bertz CT molecular complexity index is 727. The van der Waals surface area contributed by atoms with Crippen LogP contribution in [0.25, 0.3) is 0 Å². The molecule has 0 saturated heterocycles. The molecule has 0 bridgehead atoms. The Hall–Kier alpha value is -1.51. The number of carbonyl (C=O) groups is 1. The largest absolute Gasteiger partial charge is 0.479 e. The van der Waals surface area contributed by atoms with Gasteiger partial charge in [0.05, 0.1) is 5.02 Å². The second-order valence-electron chi connectivity index (χ2n) is 5.89. The van der Waals surface area contributed by atoms with Crippen molar-refractivity contribution < 1.29 is 27.8 Å². The number of hydrazone groups is 1. The normalized spacial score (nSPS) is 21.5. The SMILES string of the molecule is CCCC1=NN(C(=O)[C@H](C)Oc2ccc(Cl)cc2Cl)[C@](O)(C(F)(F)F)C1. The van der Waals surface area contributed by atoms with E-state index in [1.54, 1.807) is 6.92 Å². The molecule has 5 nitrogen and oxygen atoms in total. The average Bonchev–Trinajstić information content (AvgIpc) is 2.87. The minimum atomic E-state index is -5.07. The monoisotopic (exact) mass is 412 g/mol. The highest BCUT2D eigenvalue weighted by Crippen LogP contribution is 2.41. The van der Waals surface area contributed by atoms with E-state index in [2.05, 4.69) is 5.10 Å². The van der Waals surface area contributed by atoms with Crippen molar-refractivity contribution in [2.45, 2.75) is 51.1 Å². The maximum Gasteiger partial charge on any atom is 0.438 e. The lowest BCUT2D eigenvalue weighted by Crippen LogP contribution is -2.58. The number of nitrogens with zero attached hydrogens (tertiary/aromatic N) is 2. The fourth-order valence-corrected chi connectivity index (χ4v) is 2.93. The van der Waals surface area contributed by atoms with Crippen LogP contribution in [0.3, 0.4) is 0 Å². The molecule has 0 spiro atoms. The van der Waals surface area contributed by atoms with E-state index in [0.717, 1.165) is 0 Å². The number of alkyl halides is 3. The van der Waals surface area contributed by atoms with Gasteiger partial charge in [0.15, 0.2) is 6.10 Å². The van der Waals surface area contributed by atoms with Gasteiger partial charge >= 0.3 is 6.18 Å². The van der Waals surface area contributed by atoms with Crippen LogP contribution >= 0.6 is 23.2 Å². The first-order chi connectivity index (χ1) is 12.0. The Morgan fingerprint density at radius 1 is 1.46 bits per heavy atom. The first-order valence-corrected chi connectivity index (χ1v) is 8.56. The Kier molecular flexibility index (Phi) is 6.09. The van der Waals surface area contributed by atoms with Crippen molar-refractivity contribution in [1.82, 2.24) is 5.01 Å². The van der Waals surface area contributed by atoms with Crippen LogP contribution in [0.1, 0.15) is 33.1 Å². The lowest BCUT2D eigenvalue weighted by Gasteiger charge is -2.33. The summed E-state index contributed by atoms with van der Waals surface area (Å²) in [5, 5.41) is 14.3. The van der Waals surface area contributed by atoms with Gasteiger partial charge in [-0.05, 0) is 31.5 Å². The molecule has 2 atom stereocenters. The van der Waals surface area contributed by atoms with Gasteiger partial charge in [-0.1, -0.05) is 36.5 Å². The van der Waals surface area contributed by atoms with Crippen molar-refractivity contribution in [2.75, 3.05) is 0 Å². The Morgan fingerprint density at radius 2 is 2.12 bits per heavy atom. The van der Waals surface area contributed by atoms with Gasteiger partial charge in [0.2, 0.25) is 0 Å². The standard InChI is InChI=1S/C16H17Cl2F3N2O3/c1-3-4-11-8-15(25,16(19,20)21)23(22-11)14(24)9(2)26-13-6-5-10(17)7-12(13)18/h5-7,9,25H,3-4,8H2,1-2H3/t9-,15+/m0/s1. The molecule has 10 heteroatoms.